The maximum absolute atomic E-state index is 12.9. The number of nitrogens with one attached hydrogen (secondary N) is 1. The van der Waals surface area contributed by atoms with E-state index in [9.17, 15) is 9.18 Å². The van der Waals surface area contributed by atoms with Gasteiger partial charge in [-0.25, -0.2) is 9.18 Å². The average Bonchev–Trinajstić information content (AvgIpc) is 3.24. The molecule has 0 aromatic heterocycles. The normalized spacial score (nSPS) is 15.8. The van der Waals surface area contributed by atoms with Crippen molar-refractivity contribution in [2.45, 2.75) is 25.2 Å². The fourth-order valence-electron chi connectivity index (χ4n) is 2.40. The molecule has 0 aliphatic heterocycles. The molecule has 2 amide bonds. The zero-order chi connectivity index (χ0) is 14.6. The van der Waals surface area contributed by atoms with Crippen molar-refractivity contribution in [3.63, 3.8) is 0 Å². The monoisotopic (exact) mass is 280 g/mol. The van der Waals surface area contributed by atoms with Crippen molar-refractivity contribution < 1.29 is 14.3 Å². The number of amides is 2. The van der Waals surface area contributed by atoms with Crippen molar-refractivity contribution in [1.82, 2.24) is 10.2 Å². The predicted octanol–water partition coefficient (Wildman–Crippen LogP) is 1.88. The van der Waals surface area contributed by atoms with E-state index in [-0.39, 0.29) is 23.9 Å². The summed E-state index contributed by atoms with van der Waals surface area (Å²) in [6.45, 7) is 3.30. The lowest BCUT2D eigenvalue weighted by Crippen LogP contribution is -2.44. The van der Waals surface area contributed by atoms with Crippen molar-refractivity contribution in [2.75, 3.05) is 26.2 Å². The van der Waals surface area contributed by atoms with E-state index in [1.165, 1.54) is 12.1 Å². The van der Waals surface area contributed by atoms with Crippen LogP contribution in [0.2, 0.25) is 0 Å². The third-order valence-corrected chi connectivity index (χ3v) is 3.93. The molecule has 0 atom stereocenters. The lowest BCUT2D eigenvalue weighted by Gasteiger charge is -2.23. The number of benzene rings is 1. The summed E-state index contributed by atoms with van der Waals surface area (Å²) in [6, 6.07) is 6.34. The van der Waals surface area contributed by atoms with E-state index in [2.05, 4.69) is 5.32 Å². The highest BCUT2D eigenvalue weighted by Crippen LogP contribution is 2.47. The first-order valence-corrected chi connectivity index (χ1v) is 7.01. The van der Waals surface area contributed by atoms with Crippen molar-refractivity contribution in [3.8, 4) is 0 Å². The van der Waals surface area contributed by atoms with Crippen LogP contribution in [0.5, 0.6) is 0 Å². The molecule has 1 aliphatic carbocycles. The smallest absolute Gasteiger partial charge is 0.317 e. The Kier molecular flexibility index (Phi) is 4.60. The molecular weight excluding hydrogens is 259 g/mol. The summed E-state index contributed by atoms with van der Waals surface area (Å²) in [7, 11) is 0. The van der Waals surface area contributed by atoms with Gasteiger partial charge in [-0.3, -0.25) is 0 Å². The Bertz CT molecular complexity index is 457. The molecule has 0 radical (unpaired) electrons. The highest BCUT2D eigenvalue weighted by Gasteiger charge is 2.44. The van der Waals surface area contributed by atoms with Crippen molar-refractivity contribution in [3.05, 3.63) is 35.6 Å². The molecule has 0 unspecified atom stereocenters. The van der Waals surface area contributed by atoms with Gasteiger partial charge in [-0.15, -0.1) is 0 Å². The van der Waals surface area contributed by atoms with Gasteiger partial charge in [0.05, 0.1) is 6.61 Å². The number of hydrogen-bond acceptors (Lipinski definition) is 2. The number of carbonyl (C=O) groups is 1. The number of aliphatic hydroxyl groups excluding tert-OH is 1. The number of nitrogens with zero attached hydrogens (tertiary/aromatic N) is 1. The minimum absolute atomic E-state index is 0.0373. The van der Waals surface area contributed by atoms with Gasteiger partial charge in [0.2, 0.25) is 0 Å². The topological polar surface area (TPSA) is 52.6 Å². The summed E-state index contributed by atoms with van der Waals surface area (Å²) in [5.74, 6) is -0.242. The van der Waals surface area contributed by atoms with E-state index in [0.717, 1.165) is 18.4 Å². The Morgan fingerprint density at radius 2 is 2.05 bits per heavy atom. The molecule has 2 rings (SSSR count). The Hall–Kier alpha value is -1.62. The maximum Gasteiger partial charge on any atom is 0.317 e. The number of urea groups is 1. The van der Waals surface area contributed by atoms with Crippen LogP contribution in [0.15, 0.2) is 24.3 Å². The van der Waals surface area contributed by atoms with Gasteiger partial charge in [0.1, 0.15) is 5.82 Å². The second-order valence-electron chi connectivity index (χ2n) is 5.25. The Labute approximate surface area is 118 Å². The molecule has 20 heavy (non-hydrogen) atoms. The van der Waals surface area contributed by atoms with Gasteiger partial charge in [-0.2, -0.15) is 0 Å². The van der Waals surface area contributed by atoms with Crippen LogP contribution in [-0.2, 0) is 5.41 Å². The van der Waals surface area contributed by atoms with Gasteiger partial charge in [0.15, 0.2) is 0 Å². The molecule has 0 spiro atoms. The van der Waals surface area contributed by atoms with Crippen LogP contribution >= 0.6 is 0 Å². The van der Waals surface area contributed by atoms with Gasteiger partial charge in [0.25, 0.3) is 0 Å². The number of aliphatic hydroxyl groups is 1. The number of rotatable bonds is 6. The second kappa shape index (κ2) is 6.22. The molecule has 1 saturated carbocycles. The van der Waals surface area contributed by atoms with Gasteiger partial charge in [0, 0.05) is 25.0 Å². The third-order valence-electron chi connectivity index (χ3n) is 3.93. The van der Waals surface area contributed by atoms with Gasteiger partial charge in [-0.05, 0) is 37.5 Å². The van der Waals surface area contributed by atoms with Crippen LogP contribution in [-0.4, -0.2) is 42.3 Å². The van der Waals surface area contributed by atoms with Crippen LogP contribution in [0.1, 0.15) is 25.3 Å². The standard InChI is InChI=1S/C15H21FN2O2/c1-2-18(9-10-19)14(20)17-11-15(7-8-15)12-3-5-13(16)6-4-12/h3-6,19H,2,7-11H2,1H3,(H,17,20). The van der Waals surface area contributed by atoms with E-state index >= 15 is 0 Å². The van der Waals surface area contributed by atoms with Crippen LogP contribution in [0.25, 0.3) is 0 Å². The molecule has 0 heterocycles. The fraction of sp³-hybridized carbons (Fsp3) is 0.533. The zero-order valence-electron chi connectivity index (χ0n) is 11.7. The van der Waals surface area contributed by atoms with Crippen LogP contribution in [0, 0.1) is 5.82 Å². The van der Waals surface area contributed by atoms with Gasteiger partial charge >= 0.3 is 6.03 Å². The van der Waals surface area contributed by atoms with Gasteiger partial charge < -0.3 is 15.3 Å². The average molecular weight is 280 g/mol. The Morgan fingerprint density at radius 1 is 1.40 bits per heavy atom. The lowest BCUT2D eigenvalue weighted by molar-refractivity contribution is 0.179. The highest BCUT2D eigenvalue weighted by molar-refractivity contribution is 5.74. The quantitative estimate of drug-likeness (QED) is 0.836. The molecular formula is C15H21FN2O2. The molecule has 4 nitrogen and oxygen atoms in total. The SMILES string of the molecule is CCN(CCO)C(=O)NCC1(c2ccc(F)cc2)CC1. The largest absolute Gasteiger partial charge is 0.395 e. The number of hydrogen-bond donors (Lipinski definition) is 2. The summed E-state index contributed by atoms with van der Waals surface area (Å²) in [5, 5.41) is 11.8. The van der Waals surface area contributed by atoms with Crippen molar-refractivity contribution in [1.29, 1.82) is 0 Å². The molecule has 0 saturated heterocycles. The first kappa shape index (κ1) is 14.8. The molecule has 0 bridgehead atoms. The molecule has 110 valence electrons. The van der Waals surface area contributed by atoms with Crippen molar-refractivity contribution in [2.24, 2.45) is 0 Å². The predicted molar refractivity (Wildman–Crippen MR) is 75.0 cm³/mol. The van der Waals surface area contributed by atoms with Crippen LogP contribution < -0.4 is 5.32 Å². The molecule has 5 heteroatoms. The van der Waals surface area contributed by atoms with Crippen LogP contribution in [0.4, 0.5) is 9.18 Å². The summed E-state index contributed by atoms with van der Waals surface area (Å²) in [6.07, 6.45) is 2.01. The fourth-order valence-corrected chi connectivity index (χ4v) is 2.40. The first-order chi connectivity index (χ1) is 9.61. The lowest BCUT2D eigenvalue weighted by atomic mass is 9.96. The molecule has 1 aromatic rings. The summed E-state index contributed by atoms with van der Waals surface area (Å²) in [4.78, 5) is 13.5. The minimum atomic E-state index is -0.242. The summed E-state index contributed by atoms with van der Waals surface area (Å²) < 4.78 is 12.9. The van der Waals surface area contributed by atoms with Crippen molar-refractivity contribution >= 4 is 6.03 Å². The minimum Gasteiger partial charge on any atom is -0.395 e. The number of likely N-dealkylation sites (N-methyl/N-ethyl adjacent to an activating group) is 1. The van der Waals surface area contributed by atoms with E-state index < -0.39 is 0 Å². The number of carbonyl (C=O) groups excluding carboxylic acids is 1. The van der Waals surface area contributed by atoms with Gasteiger partial charge in [-0.1, -0.05) is 12.1 Å². The molecule has 1 fully saturated rings. The molecule has 1 aromatic carbocycles. The summed E-state index contributed by atoms with van der Waals surface area (Å²) >= 11 is 0. The van der Waals surface area contributed by atoms with E-state index in [1.54, 1.807) is 17.0 Å². The van der Waals surface area contributed by atoms with E-state index in [1.807, 2.05) is 6.92 Å². The Balaban J connectivity index is 1.93. The first-order valence-electron chi connectivity index (χ1n) is 7.01. The third kappa shape index (κ3) is 3.28. The van der Waals surface area contributed by atoms with E-state index in [4.69, 9.17) is 5.11 Å². The molecule has 1 aliphatic rings. The van der Waals surface area contributed by atoms with Crippen LogP contribution in [0.3, 0.4) is 0 Å². The van der Waals surface area contributed by atoms with E-state index in [0.29, 0.717) is 19.6 Å². The molecule has 2 N–H and O–H groups in total. The Morgan fingerprint density at radius 3 is 2.55 bits per heavy atom. The summed E-state index contributed by atoms with van der Waals surface area (Å²) in [5.41, 5.74) is 1.03. The number of halogens is 1. The highest BCUT2D eigenvalue weighted by atomic mass is 19.1. The maximum atomic E-state index is 12.9. The zero-order valence-corrected chi connectivity index (χ0v) is 11.7. The second-order valence-corrected chi connectivity index (χ2v) is 5.25.